The van der Waals surface area contributed by atoms with Crippen LogP contribution in [0.25, 0.3) is 0 Å². The molecule has 0 bridgehead atoms. The highest BCUT2D eigenvalue weighted by Gasteiger charge is 2.18. The summed E-state index contributed by atoms with van der Waals surface area (Å²) in [4.78, 5) is 14.6. The van der Waals surface area contributed by atoms with Gasteiger partial charge < -0.3 is 10.0 Å². The topological polar surface area (TPSA) is 40.5 Å². The summed E-state index contributed by atoms with van der Waals surface area (Å²) in [5, 5.41) is 11.6. The first-order valence-corrected chi connectivity index (χ1v) is 7.18. The van der Waals surface area contributed by atoms with E-state index in [1.165, 1.54) is 4.88 Å². The number of benzene rings is 1. The van der Waals surface area contributed by atoms with Crippen molar-refractivity contribution in [2.45, 2.75) is 13.5 Å². The van der Waals surface area contributed by atoms with Crippen LogP contribution in [-0.4, -0.2) is 17.6 Å². The average Bonchev–Trinajstić information content (AvgIpc) is 2.88. The lowest BCUT2D eigenvalue weighted by Gasteiger charge is -2.24. The highest BCUT2D eigenvalue weighted by atomic mass is 35.5. The molecule has 1 heterocycles. The van der Waals surface area contributed by atoms with E-state index in [1.807, 2.05) is 29.3 Å². The Morgan fingerprint density at radius 1 is 1.37 bits per heavy atom. The largest absolute Gasteiger partial charge is 0.478 e. The zero-order chi connectivity index (χ0) is 13.8. The Kier molecular flexibility index (Phi) is 4.45. The number of carboxylic acid groups (broad SMARTS) is 1. The van der Waals surface area contributed by atoms with Crippen molar-refractivity contribution in [3.8, 4) is 0 Å². The minimum atomic E-state index is -0.995. The van der Waals surface area contributed by atoms with Crippen LogP contribution in [0.3, 0.4) is 0 Å². The fourth-order valence-electron chi connectivity index (χ4n) is 1.95. The Bertz CT molecular complexity index is 569. The molecule has 0 radical (unpaired) electrons. The van der Waals surface area contributed by atoms with Crippen molar-refractivity contribution in [3.63, 3.8) is 0 Å². The van der Waals surface area contributed by atoms with Gasteiger partial charge in [-0.3, -0.25) is 0 Å². The molecule has 1 aromatic heterocycles. The van der Waals surface area contributed by atoms with Crippen LogP contribution in [0.15, 0.2) is 35.7 Å². The van der Waals surface area contributed by atoms with Gasteiger partial charge >= 0.3 is 5.97 Å². The van der Waals surface area contributed by atoms with Crippen LogP contribution in [-0.2, 0) is 6.54 Å². The van der Waals surface area contributed by atoms with Crippen LogP contribution >= 0.6 is 22.9 Å². The van der Waals surface area contributed by atoms with Crippen molar-refractivity contribution >= 4 is 34.6 Å². The molecule has 0 saturated carbocycles. The molecular formula is C14H14ClNO2S. The second-order valence-corrected chi connectivity index (χ2v) is 5.47. The van der Waals surface area contributed by atoms with E-state index >= 15 is 0 Å². The van der Waals surface area contributed by atoms with Crippen LogP contribution in [0.4, 0.5) is 5.69 Å². The highest BCUT2D eigenvalue weighted by Crippen LogP contribution is 2.29. The first kappa shape index (κ1) is 13.9. The highest BCUT2D eigenvalue weighted by molar-refractivity contribution is 7.09. The zero-order valence-electron chi connectivity index (χ0n) is 10.5. The quantitative estimate of drug-likeness (QED) is 0.902. The van der Waals surface area contributed by atoms with E-state index in [4.69, 9.17) is 11.6 Å². The number of hydrogen-bond donors (Lipinski definition) is 1. The standard InChI is InChI=1S/C14H14ClNO2S/c1-2-16(9-10-5-4-8-19-10)12-7-3-6-11(15)13(12)14(17)18/h3-8H,2,9H2,1H3,(H,17,18). The fraction of sp³-hybridized carbons (Fsp3) is 0.214. The SMILES string of the molecule is CCN(Cc1cccs1)c1cccc(Cl)c1C(=O)O. The first-order chi connectivity index (χ1) is 9.13. The van der Waals surface area contributed by atoms with Crippen LogP contribution in [0.1, 0.15) is 22.2 Å². The third-order valence-electron chi connectivity index (χ3n) is 2.85. The van der Waals surface area contributed by atoms with Crippen LogP contribution in [0, 0.1) is 0 Å². The molecule has 0 amide bonds. The van der Waals surface area contributed by atoms with Crippen molar-refractivity contribution in [2.75, 3.05) is 11.4 Å². The Morgan fingerprint density at radius 2 is 2.16 bits per heavy atom. The predicted molar refractivity (Wildman–Crippen MR) is 79.5 cm³/mol. The molecule has 1 aromatic carbocycles. The second-order valence-electron chi connectivity index (χ2n) is 4.03. The summed E-state index contributed by atoms with van der Waals surface area (Å²) < 4.78 is 0. The summed E-state index contributed by atoms with van der Waals surface area (Å²) in [7, 11) is 0. The summed E-state index contributed by atoms with van der Waals surface area (Å²) in [5.41, 5.74) is 0.832. The monoisotopic (exact) mass is 295 g/mol. The van der Waals surface area contributed by atoms with Crippen molar-refractivity contribution < 1.29 is 9.90 Å². The van der Waals surface area contributed by atoms with Crippen LogP contribution in [0.5, 0.6) is 0 Å². The number of halogens is 1. The third-order valence-corrected chi connectivity index (χ3v) is 4.03. The normalized spacial score (nSPS) is 10.4. The second kappa shape index (κ2) is 6.08. The molecule has 0 atom stereocenters. The van der Waals surface area contributed by atoms with E-state index in [9.17, 15) is 9.90 Å². The van der Waals surface area contributed by atoms with Crippen molar-refractivity contribution in [1.29, 1.82) is 0 Å². The van der Waals surface area contributed by atoms with E-state index in [0.29, 0.717) is 12.2 Å². The molecule has 19 heavy (non-hydrogen) atoms. The van der Waals surface area contributed by atoms with E-state index in [0.717, 1.165) is 6.54 Å². The smallest absolute Gasteiger partial charge is 0.339 e. The van der Waals surface area contributed by atoms with E-state index in [1.54, 1.807) is 29.5 Å². The van der Waals surface area contributed by atoms with Crippen molar-refractivity contribution in [3.05, 3.63) is 51.2 Å². The molecule has 0 unspecified atom stereocenters. The Morgan fingerprint density at radius 3 is 2.74 bits per heavy atom. The zero-order valence-corrected chi connectivity index (χ0v) is 12.0. The fourth-order valence-corrected chi connectivity index (χ4v) is 2.92. The number of carboxylic acids is 1. The Labute approximate surface area is 121 Å². The maximum absolute atomic E-state index is 11.4. The van der Waals surface area contributed by atoms with Gasteiger partial charge in [0.2, 0.25) is 0 Å². The number of rotatable bonds is 5. The molecule has 0 aliphatic rings. The lowest BCUT2D eigenvalue weighted by atomic mass is 10.1. The average molecular weight is 296 g/mol. The molecule has 3 nitrogen and oxygen atoms in total. The third kappa shape index (κ3) is 3.08. The Hall–Kier alpha value is -1.52. The molecule has 2 rings (SSSR count). The van der Waals surface area contributed by atoms with Crippen molar-refractivity contribution in [2.24, 2.45) is 0 Å². The molecule has 0 spiro atoms. The summed E-state index contributed by atoms with van der Waals surface area (Å²) in [6, 6.07) is 9.21. The molecule has 1 N–H and O–H groups in total. The molecule has 5 heteroatoms. The lowest BCUT2D eigenvalue weighted by Crippen LogP contribution is -2.23. The summed E-state index contributed by atoms with van der Waals surface area (Å²) in [5.74, 6) is -0.995. The minimum Gasteiger partial charge on any atom is -0.478 e. The van der Waals surface area contributed by atoms with E-state index in [2.05, 4.69) is 0 Å². The summed E-state index contributed by atoms with van der Waals surface area (Å²) in [6.07, 6.45) is 0. The maximum Gasteiger partial charge on any atom is 0.339 e. The minimum absolute atomic E-state index is 0.169. The molecular weight excluding hydrogens is 282 g/mol. The number of thiophene rings is 1. The van der Waals surface area contributed by atoms with E-state index < -0.39 is 5.97 Å². The first-order valence-electron chi connectivity index (χ1n) is 5.92. The molecule has 100 valence electrons. The van der Waals surface area contributed by atoms with Gasteiger partial charge in [-0.25, -0.2) is 4.79 Å². The summed E-state index contributed by atoms with van der Waals surface area (Å²) in [6.45, 7) is 3.41. The summed E-state index contributed by atoms with van der Waals surface area (Å²) >= 11 is 7.66. The van der Waals surface area contributed by atoms with Crippen LogP contribution < -0.4 is 4.90 Å². The number of nitrogens with zero attached hydrogens (tertiary/aromatic N) is 1. The van der Waals surface area contributed by atoms with Gasteiger partial charge in [0.15, 0.2) is 0 Å². The van der Waals surface area contributed by atoms with Gasteiger partial charge in [-0.05, 0) is 30.5 Å². The maximum atomic E-state index is 11.4. The lowest BCUT2D eigenvalue weighted by molar-refractivity contribution is 0.0697. The van der Waals surface area contributed by atoms with E-state index in [-0.39, 0.29) is 10.6 Å². The predicted octanol–water partition coefficient (Wildman–Crippen LogP) is 4.13. The molecule has 0 fully saturated rings. The van der Waals surface area contributed by atoms with Gasteiger partial charge in [0.1, 0.15) is 5.56 Å². The number of carbonyl (C=O) groups is 1. The van der Waals surface area contributed by atoms with Gasteiger partial charge in [-0.15, -0.1) is 11.3 Å². The molecule has 2 aromatic rings. The molecule has 0 aliphatic heterocycles. The van der Waals surface area contributed by atoms with Crippen LogP contribution in [0.2, 0.25) is 5.02 Å². The molecule has 0 aliphatic carbocycles. The number of aromatic carboxylic acids is 1. The van der Waals surface area contributed by atoms with Crippen molar-refractivity contribution in [1.82, 2.24) is 0 Å². The molecule has 0 saturated heterocycles. The van der Waals surface area contributed by atoms with Gasteiger partial charge in [0.25, 0.3) is 0 Å². The van der Waals surface area contributed by atoms with Gasteiger partial charge in [0, 0.05) is 11.4 Å². The van der Waals surface area contributed by atoms with Gasteiger partial charge in [-0.1, -0.05) is 23.7 Å². The Balaban J connectivity index is 2.38. The number of hydrogen-bond acceptors (Lipinski definition) is 3. The van der Waals surface area contributed by atoms with Gasteiger partial charge in [0.05, 0.1) is 17.3 Å². The number of anilines is 1. The van der Waals surface area contributed by atoms with Gasteiger partial charge in [-0.2, -0.15) is 0 Å².